The lowest BCUT2D eigenvalue weighted by Gasteiger charge is -1.98. The molecular formula is C6H5NO5S2. The van der Waals surface area contributed by atoms with Crippen molar-refractivity contribution in [2.75, 3.05) is 0 Å². The molecule has 0 bridgehead atoms. The Morgan fingerprint density at radius 2 is 1.79 bits per heavy atom. The van der Waals surface area contributed by atoms with Crippen LogP contribution in [0.3, 0.4) is 0 Å². The van der Waals surface area contributed by atoms with Crippen molar-refractivity contribution >= 4 is 26.3 Å². The van der Waals surface area contributed by atoms with E-state index in [9.17, 15) is 16.8 Å². The Hall–Kier alpha value is -1.25. The maximum atomic E-state index is 10.7. The minimum absolute atomic E-state index is 0.316. The highest BCUT2D eigenvalue weighted by atomic mass is 32.2. The van der Waals surface area contributed by atoms with Gasteiger partial charge in [-0.25, -0.2) is 0 Å². The quantitative estimate of drug-likeness (QED) is 0.757. The van der Waals surface area contributed by atoms with Crippen LogP contribution in [0, 0.1) is 0 Å². The molecule has 0 aliphatic carbocycles. The van der Waals surface area contributed by atoms with E-state index in [1.807, 2.05) is 0 Å². The molecule has 0 amide bonds. The average Bonchev–Trinajstić information content (AvgIpc) is 2.01. The van der Waals surface area contributed by atoms with Crippen LogP contribution in [-0.4, -0.2) is 21.4 Å². The maximum absolute atomic E-state index is 10.7. The van der Waals surface area contributed by atoms with Gasteiger partial charge >= 0.3 is 10.5 Å². The second-order valence-corrected chi connectivity index (χ2v) is 4.26. The summed E-state index contributed by atoms with van der Waals surface area (Å²) in [4.78, 5) is -0.538. The van der Waals surface area contributed by atoms with E-state index in [1.54, 1.807) is 0 Å². The van der Waals surface area contributed by atoms with Crippen molar-refractivity contribution in [3.63, 3.8) is 0 Å². The van der Waals surface area contributed by atoms with Gasteiger partial charge in [0, 0.05) is 0 Å². The molecule has 1 rings (SSSR count). The molecule has 1 N–H and O–H groups in total. The van der Waals surface area contributed by atoms with Gasteiger partial charge in [0.25, 0.3) is 10.1 Å². The zero-order valence-electron chi connectivity index (χ0n) is 6.65. The van der Waals surface area contributed by atoms with E-state index >= 15 is 0 Å². The number of hydrogen-bond acceptors (Lipinski definition) is 5. The highest BCUT2D eigenvalue weighted by molar-refractivity contribution is 7.86. The Balaban J connectivity index is 3.54. The fraction of sp³-hybridized carbons (Fsp3) is 0. The van der Waals surface area contributed by atoms with Gasteiger partial charge in [-0.3, -0.25) is 4.55 Å². The molecule has 0 aliphatic rings. The van der Waals surface area contributed by atoms with Crippen molar-refractivity contribution in [1.82, 2.24) is 0 Å². The van der Waals surface area contributed by atoms with Crippen LogP contribution in [0.5, 0.6) is 0 Å². The standard InChI is InChI=1S/C6H5NO5S2/c8-13(9)7-5-3-1-2-4-6(5)14(10,11)12/h1-4H,(H,10,11,12). The van der Waals surface area contributed by atoms with Crippen LogP contribution in [0.1, 0.15) is 0 Å². The predicted octanol–water partition coefficient (Wildman–Crippen LogP) is 0.628. The predicted molar refractivity (Wildman–Crippen MR) is 47.3 cm³/mol. The lowest BCUT2D eigenvalue weighted by atomic mass is 10.3. The van der Waals surface area contributed by atoms with Gasteiger partial charge in [0.1, 0.15) is 10.6 Å². The highest BCUT2D eigenvalue weighted by Gasteiger charge is 2.14. The molecule has 1 aromatic rings. The van der Waals surface area contributed by atoms with Crippen LogP contribution in [-0.2, 0) is 20.6 Å². The molecule has 14 heavy (non-hydrogen) atoms. The Labute approximate surface area is 81.7 Å². The summed E-state index contributed by atoms with van der Waals surface area (Å²) in [7, 11) is -7.21. The van der Waals surface area contributed by atoms with Crippen LogP contribution in [0.15, 0.2) is 33.5 Å². The molecule has 0 unspecified atom stereocenters. The topological polar surface area (TPSA) is 101 Å². The number of rotatable bonds is 2. The molecule has 6 nitrogen and oxygen atoms in total. The second-order valence-electron chi connectivity index (χ2n) is 2.25. The largest absolute Gasteiger partial charge is 0.316 e. The Morgan fingerprint density at radius 3 is 2.29 bits per heavy atom. The first-order valence-corrected chi connectivity index (χ1v) is 5.76. The van der Waals surface area contributed by atoms with Crippen molar-refractivity contribution in [1.29, 1.82) is 0 Å². The van der Waals surface area contributed by atoms with E-state index in [-0.39, 0.29) is 5.69 Å². The molecule has 0 radical (unpaired) electrons. The number of benzene rings is 1. The summed E-state index contributed by atoms with van der Waals surface area (Å²) in [5.74, 6) is 0. The number of hydrogen-bond donors (Lipinski definition) is 1. The highest BCUT2D eigenvalue weighted by Crippen LogP contribution is 2.22. The first-order valence-electron chi connectivity index (χ1n) is 3.29. The van der Waals surface area contributed by atoms with Crippen LogP contribution >= 0.6 is 0 Å². The summed E-state index contributed by atoms with van der Waals surface area (Å²) in [6, 6.07) is 4.97. The van der Waals surface area contributed by atoms with E-state index < -0.39 is 25.5 Å². The van der Waals surface area contributed by atoms with Crippen LogP contribution in [0.2, 0.25) is 0 Å². The van der Waals surface area contributed by atoms with Crippen LogP contribution in [0.25, 0.3) is 0 Å². The average molecular weight is 235 g/mol. The summed E-state index contributed by atoms with van der Waals surface area (Å²) in [6.07, 6.45) is 0. The lowest BCUT2D eigenvalue weighted by Crippen LogP contribution is -1.97. The minimum atomic E-state index is -4.45. The number of nitrogens with zero attached hydrogens (tertiary/aromatic N) is 1. The van der Waals surface area contributed by atoms with Crippen molar-refractivity contribution in [2.24, 2.45) is 4.36 Å². The third kappa shape index (κ3) is 2.62. The molecule has 1 aromatic carbocycles. The molecular weight excluding hydrogens is 230 g/mol. The monoisotopic (exact) mass is 235 g/mol. The van der Waals surface area contributed by atoms with Gasteiger partial charge in [-0.1, -0.05) is 12.1 Å². The summed E-state index contributed by atoms with van der Waals surface area (Å²) in [5, 5.41) is 0. The molecule has 8 heteroatoms. The van der Waals surface area contributed by atoms with Gasteiger partial charge in [-0.15, -0.1) is 4.36 Å². The van der Waals surface area contributed by atoms with Gasteiger partial charge in [0.05, 0.1) is 0 Å². The first-order chi connectivity index (χ1) is 6.41. The van der Waals surface area contributed by atoms with Gasteiger partial charge in [0.2, 0.25) is 0 Å². The van der Waals surface area contributed by atoms with Crippen LogP contribution in [0.4, 0.5) is 5.69 Å². The molecule has 0 saturated carbocycles. The first kappa shape index (κ1) is 10.8. The molecule has 0 heterocycles. The summed E-state index contributed by atoms with van der Waals surface area (Å²) >= 11 is 0. The molecule has 0 saturated heterocycles. The SMILES string of the molecule is O=S(=O)=Nc1ccccc1S(=O)(=O)O. The third-order valence-electron chi connectivity index (χ3n) is 1.32. The molecule has 0 aromatic heterocycles. The Kier molecular flexibility index (Phi) is 2.99. The van der Waals surface area contributed by atoms with Gasteiger partial charge < -0.3 is 0 Å². The van der Waals surface area contributed by atoms with E-state index in [0.29, 0.717) is 0 Å². The summed E-state index contributed by atoms with van der Waals surface area (Å²) in [6.45, 7) is 0. The fourth-order valence-corrected chi connectivity index (χ4v) is 1.84. The zero-order valence-corrected chi connectivity index (χ0v) is 8.29. The molecule has 0 atom stereocenters. The molecule has 0 aliphatic heterocycles. The minimum Gasteiger partial charge on any atom is -0.282 e. The summed E-state index contributed by atoms with van der Waals surface area (Å²) < 4.78 is 53.6. The van der Waals surface area contributed by atoms with E-state index in [2.05, 4.69) is 4.36 Å². The van der Waals surface area contributed by atoms with Gasteiger partial charge in [0.15, 0.2) is 0 Å². The van der Waals surface area contributed by atoms with Crippen molar-refractivity contribution in [3.8, 4) is 0 Å². The second kappa shape index (κ2) is 3.86. The van der Waals surface area contributed by atoms with Crippen molar-refractivity contribution in [2.45, 2.75) is 4.90 Å². The lowest BCUT2D eigenvalue weighted by molar-refractivity contribution is 0.483. The van der Waals surface area contributed by atoms with E-state index in [1.165, 1.54) is 18.2 Å². The normalized spacial score (nSPS) is 10.9. The smallest absolute Gasteiger partial charge is 0.282 e. The van der Waals surface area contributed by atoms with Gasteiger partial charge in [-0.2, -0.15) is 16.8 Å². The molecule has 0 fully saturated rings. The zero-order chi connectivity index (χ0) is 10.8. The Bertz CT molecular complexity index is 564. The Morgan fingerprint density at radius 1 is 1.21 bits per heavy atom. The van der Waals surface area contributed by atoms with E-state index in [0.717, 1.165) is 6.07 Å². The van der Waals surface area contributed by atoms with Crippen molar-refractivity contribution < 1.29 is 21.4 Å². The molecule has 76 valence electrons. The van der Waals surface area contributed by atoms with Crippen LogP contribution < -0.4 is 0 Å². The fourth-order valence-electron chi connectivity index (χ4n) is 0.831. The van der Waals surface area contributed by atoms with Gasteiger partial charge in [-0.05, 0) is 12.1 Å². The molecule has 0 spiro atoms. The third-order valence-corrected chi connectivity index (χ3v) is 2.56. The van der Waals surface area contributed by atoms with Crippen molar-refractivity contribution in [3.05, 3.63) is 24.3 Å². The summed E-state index contributed by atoms with van der Waals surface area (Å²) in [5.41, 5.74) is -0.316. The maximum Gasteiger partial charge on any atom is 0.316 e. The van der Waals surface area contributed by atoms with E-state index in [4.69, 9.17) is 4.55 Å².